The summed E-state index contributed by atoms with van der Waals surface area (Å²) in [6.45, 7) is -0.0684. The highest BCUT2D eigenvalue weighted by Crippen LogP contribution is 2.28. The summed E-state index contributed by atoms with van der Waals surface area (Å²) in [6.07, 6.45) is -3.84. The molecule has 0 amide bonds. The Labute approximate surface area is 113 Å². The minimum absolute atomic E-state index is 0.0202. The van der Waals surface area contributed by atoms with Crippen molar-refractivity contribution in [2.45, 2.75) is 24.2 Å². The summed E-state index contributed by atoms with van der Waals surface area (Å²) < 4.78 is 72.3. The zero-order valence-electron chi connectivity index (χ0n) is 10.3. The molecule has 1 rings (SSSR count). The van der Waals surface area contributed by atoms with Gasteiger partial charge in [0, 0.05) is 11.4 Å². The predicted octanol–water partition coefficient (Wildman–Crippen LogP) is 1.54. The van der Waals surface area contributed by atoms with Crippen molar-refractivity contribution in [2.24, 2.45) is 5.14 Å². The van der Waals surface area contributed by atoms with Crippen molar-refractivity contribution in [3.63, 3.8) is 0 Å². The molecule has 0 spiro atoms. The SMILES string of the molecule is Cc1c(NCC(F)(F)C(F)F)cc(N)cc1S(N)(=O)=O. The molecule has 0 fully saturated rings. The quantitative estimate of drug-likeness (QED) is 0.567. The average molecular weight is 315 g/mol. The second-order valence-electron chi connectivity index (χ2n) is 4.15. The number of hydrogen-bond acceptors (Lipinski definition) is 4. The number of nitrogens with one attached hydrogen (secondary N) is 1. The van der Waals surface area contributed by atoms with Crippen LogP contribution in [0.2, 0.25) is 0 Å². The van der Waals surface area contributed by atoms with Gasteiger partial charge in [-0.15, -0.1) is 0 Å². The Balaban J connectivity index is 3.12. The molecule has 0 aromatic heterocycles. The molecule has 10 heteroatoms. The largest absolute Gasteiger partial charge is 0.399 e. The van der Waals surface area contributed by atoms with E-state index in [0.29, 0.717) is 0 Å². The Hall–Kier alpha value is -1.55. The van der Waals surface area contributed by atoms with Gasteiger partial charge >= 0.3 is 12.3 Å². The van der Waals surface area contributed by atoms with Crippen LogP contribution in [0, 0.1) is 6.92 Å². The molecule has 0 saturated heterocycles. The monoisotopic (exact) mass is 315 g/mol. The highest BCUT2D eigenvalue weighted by molar-refractivity contribution is 7.89. The molecule has 1 aromatic carbocycles. The fraction of sp³-hybridized carbons (Fsp3) is 0.400. The lowest BCUT2D eigenvalue weighted by Crippen LogP contribution is -2.35. The van der Waals surface area contributed by atoms with Gasteiger partial charge in [0.15, 0.2) is 0 Å². The van der Waals surface area contributed by atoms with Crippen molar-refractivity contribution in [3.8, 4) is 0 Å². The molecule has 0 aliphatic heterocycles. The number of sulfonamides is 1. The summed E-state index contributed by atoms with van der Waals surface area (Å²) in [6, 6.07) is 2.21. The van der Waals surface area contributed by atoms with Crippen LogP contribution in [0.4, 0.5) is 28.9 Å². The molecular formula is C10H13F4N3O2S. The van der Waals surface area contributed by atoms with E-state index in [0.717, 1.165) is 12.1 Å². The van der Waals surface area contributed by atoms with Crippen LogP contribution >= 0.6 is 0 Å². The third-order valence-corrected chi connectivity index (χ3v) is 3.56. The van der Waals surface area contributed by atoms with Gasteiger partial charge in [-0.1, -0.05) is 0 Å². The summed E-state index contributed by atoms with van der Waals surface area (Å²) in [7, 11) is -4.10. The fourth-order valence-electron chi connectivity index (χ4n) is 1.48. The van der Waals surface area contributed by atoms with Crippen molar-refractivity contribution < 1.29 is 26.0 Å². The van der Waals surface area contributed by atoms with Crippen LogP contribution < -0.4 is 16.2 Å². The number of hydrogen-bond donors (Lipinski definition) is 3. The smallest absolute Gasteiger partial charge is 0.324 e. The van der Waals surface area contributed by atoms with Gasteiger partial charge < -0.3 is 11.1 Å². The van der Waals surface area contributed by atoms with E-state index >= 15 is 0 Å². The number of anilines is 2. The zero-order chi connectivity index (χ0) is 15.7. The molecule has 5 nitrogen and oxygen atoms in total. The van der Waals surface area contributed by atoms with E-state index in [1.165, 1.54) is 6.92 Å². The number of nitrogen functional groups attached to an aromatic ring is 1. The Kier molecular flexibility index (Phi) is 4.49. The summed E-state index contributed by atoms with van der Waals surface area (Å²) in [5.41, 5.74) is 5.29. The van der Waals surface area contributed by atoms with Gasteiger partial charge in [-0.05, 0) is 24.6 Å². The van der Waals surface area contributed by atoms with Gasteiger partial charge in [0.2, 0.25) is 10.0 Å². The van der Waals surface area contributed by atoms with E-state index < -0.39 is 28.9 Å². The third kappa shape index (κ3) is 3.73. The van der Waals surface area contributed by atoms with Crippen LogP contribution in [0.25, 0.3) is 0 Å². The van der Waals surface area contributed by atoms with Gasteiger partial charge in [0.05, 0.1) is 11.4 Å². The van der Waals surface area contributed by atoms with E-state index in [9.17, 15) is 26.0 Å². The molecule has 0 aliphatic rings. The first-order chi connectivity index (χ1) is 8.95. The van der Waals surface area contributed by atoms with Gasteiger partial charge in [0.25, 0.3) is 0 Å². The molecule has 0 aliphatic carbocycles. The number of nitrogens with two attached hydrogens (primary N) is 2. The summed E-state index contributed by atoms with van der Waals surface area (Å²) in [5.74, 6) is -4.25. The van der Waals surface area contributed by atoms with E-state index in [1.807, 2.05) is 0 Å². The molecule has 20 heavy (non-hydrogen) atoms. The third-order valence-electron chi connectivity index (χ3n) is 2.52. The van der Waals surface area contributed by atoms with Crippen molar-refractivity contribution in [1.29, 1.82) is 0 Å². The summed E-state index contributed by atoms with van der Waals surface area (Å²) in [5, 5.41) is 7.00. The molecule has 1 aromatic rings. The van der Waals surface area contributed by atoms with E-state index in [2.05, 4.69) is 5.32 Å². The maximum absolute atomic E-state index is 12.8. The predicted molar refractivity (Wildman–Crippen MR) is 66.4 cm³/mol. The second kappa shape index (κ2) is 5.44. The zero-order valence-corrected chi connectivity index (χ0v) is 11.1. The van der Waals surface area contributed by atoms with E-state index in [1.54, 1.807) is 0 Å². The fourth-order valence-corrected chi connectivity index (χ4v) is 2.32. The Morgan fingerprint density at radius 1 is 1.35 bits per heavy atom. The molecule has 0 radical (unpaired) electrons. The van der Waals surface area contributed by atoms with Crippen LogP contribution in [0.5, 0.6) is 0 Å². The van der Waals surface area contributed by atoms with E-state index in [4.69, 9.17) is 10.9 Å². The number of rotatable bonds is 5. The highest BCUT2D eigenvalue weighted by Gasteiger charge is 2.40. The number of alkyl halides is 4. The highest BCUT2D eigenvalue weighted by atomic mass is 32.2. The number of halogens is 4. The van der Waals surface area contributed by atoms with Crippen LogP contribution in [0.3, 0.4) is 0 Å². The minimum atomic E-state index is -4.25. The number of primary sulfonamides is 1. The topological polar surface area (TPSA) is 98.2 Å². The Morgan fingerprint density at radius 2 is 1.90 bits per heavy atom. The lowest BCUT2D eigenvalue weighted by molar-refractivity contribution is -0.117. The van der Waals surface area contributed by atoms with Crippen LogP contribution in [0.15, 0.2) is 17.0 Å². The maximum Gasteiger partial charge on any atom is 0.324 e. The first-order valence-electron chi connectivity index (χ1n) is 5.28. The Bertz CT molecular complexity index is 605. The molecular weight excluding hydrogens is 302 g/mol. The van der Waals surface area contributed by atoms with Crippen molar-refractivity contribution in [2.75, 3.05) is 17.6 Å². The van der Waals surface area contributed by atoms with Gasteiger partial charge in [-0.2, -0.15) is 8.78 Å². The second-order valence-corrected chi connectivity index (χ2v) is 5.68. The Morgan fingerprint density at radius 3 is 2.35 bits per heavy atom. The van der Waals surface area contributed by atoms with Crippen LogP contribution in [0.1, 0.15) is 5.56 Å². The molecule has 114 valence electrons. The van der Waals surface area contributed by atoms with Crippen molar-refractivity contribution in [1.82, 2.24) is 0 Å². The first kappa shape index (κ1) is 16.5. The molecule has 0 unspecified atom stereocenters. The maximum atomic E-state index is 12.8. The molecule has 0 atom stereocenters. The normalized spacial score (nSPS) is 12.8. The average Bonchev–Trinajstić information content (AvgIpc) is 2.28. The lowest BCUT2D eigenvalue weighted by atomic mass is 10.1. The lowest BCUT2D eigenvalue weighted by Gasteiger charge is -2.19. The van der Waals surface area contributed by atoms with Crippen LogP contribution in [-0.4, -0.2) is 27.3 Å². The molecule has 0 heterocycles. The molecule has 0 saturated carbocycles. The summed E-state index contributed by atoms with van der Waals surface area (Å²) >= 11 is 0. The first-order valence-corrected chi connectivity index (χ1v) is 6.82. The minimum Gasteiger partial charge on any atom is -0.399 e. The van der Waals surface area contributed by atoms with Gasteiger partial charge in [-0.25, -0.2) is 22.3 Å². The summed E-state index contributed by atoms with van der Waals surface area (Å²) in [4.78, 5) is -0.361. The number of benzene rings is 1. The van der Waals surface area contributed by atoms with Gasteiger partial charge in [-0.3, -0.25) is 0 Å². The molecule has 0 bridgehead atoms. The molecule has 5 N–H and O–H groups in total. The van der Waals surface area contributed by atoms with E-state index in [-0.39, 0.29) is 21.8 Å². The van der Waals surface area contributed by atoms with Crippen LogP contribution in [-0.2, 0) is 10.0 Å². The van der Waals surface area contributed by atoms with Crippen molar-refractivity contribution >= 4 is 21.4 Å². The van der Waals surface area contributed by atoms with Crippen molar-refractivity contribution in [3.05, 3.63) is 17.7 Å². The van der Waals surface area contributed by atoms with Gasteiger partial charge in [0.1, 0.15) is 0 Å². The standard InChI is InChI=1S/C10H13F4N3O2S/c1-5-7(17-4-10(13,14)9(11)12)2-6(15)3-8(5)20(16,18)19/h2-3,9,17H,4,15H2,1H3,(H2,16,18,19).